The van der Waals surface area contributed by atoms with Crippen molar-refractivity contribution in [3.8, 4) is 0 Å². The van der Waals surface area contributed by atoms with Gasteiger partial charge in [-0.05, 0) is 37.3 Å². The number of hydrogen-bond acceptors (Lipinski definition) is 6. The average molecular weight is 440 g/mol. The van der Waals surface area contributed by atoms with Crippen LogP contribution in [0, 0.1) is 17.0 Å². The summed E-state index contributed by atoms with van der Waals surface area (Å²) < 4.78 is 32.2. The average Bonchev–Trinajstić information content (AvgIpc) is 2.69. The van der Waals surface area contributed by atoms with Crippen molar-refractivity contribution in [3.63, 3.8) is 0 Å². The van der Waals surface area contributed by atoms with Crippen molar-refractivity contribution in [1.29, 1.82) is 0 Å². The van der Waals surface area contributed by atoms with E-state index in [9.17, 15) is 23.3 Å². The van der Waals surface area contributed by atoms with E-state index in [-0.39, 0.29) is 39.9 Å². The summed E-state index contributed by atoms with van der Waals surface area (Å²) in [5, 5.41) is 13.6. The quantitative estimate of drug-likeness (QED) is 0.565. The van der Waals surface area contributed by atoms with Crippen LogP contribution in [-0.4, -0.2) is 49.9 Å². The van der Waals surface area contributed by atoms with Gasteiger partial charge in [0.25, 0.3) is 11.6 Å². The van der Waals surface area contributed by atoms with Crippen molar-refractivity contribution in [3.05, 3.63) is 62.7 Å². The van der Waals surface area contributed by atoms with E-state index in [2.05, 4.69) is 5.32 Å². The van der Waals surface area contributed by atoms with Gasteiger partial charge < -0.3 is 10.1 Å². The lowest BCUT2D eigenvalue weighted by atomic mass is 10.1. The standard InChI is InChI=1S/C18H18ClN3O6S/c1-12-10-13(2-5-16(12)22(24)25)18(23)20-14-3-4-15(19)17(11-14)29(26,27)21-6-8-28-9-7-21/h2-5,10-11H,6-9H2,1H3,(H,20,23). The van der Waals surface area contributed by atoms with Crippen LogP contribution >= 0.6 is 11.6 Å². The molecule has 29 heavy (non-hydrogen) atoms. The maximum Gasteiger partial charge on any atom is 0.272 e. The third-order valence-corrected chi connectivity index (χ3v) is 6.81. The van der Waals surface area contributed by atoms with E-state index in [0.29, 0.717) is 18.8 Å². The Morgan fingerprint density at radius 1 is 1.21 bits per heavy atom. The Morgan fingerprint density at radius 3 is 2.52 bits per heavy atom. The van der Waals surface area contributed by atoms with Crippen molar-refractivity contribution in [1.82, 2.24) is 4.31 Å². The van der Waals surface area contributed by atoms with Gasteiger partial charge in [-0.3, -0.25) is 14.9 Å². The SMILES string of the molecule is Cc1cc(C(=O)Nc2ccc(Cl)c(S(=O)(=O)N3CCOCC3)c2)ccc1[N+](=O)[O-]. The molecule has 0 radical (unpaired) electrons. The Bertz CT molecular complexity index is 1070. The normalized spacial score (nSPS) is 15.1. The van der Waals surface area contributed by atoms with Crippen molar-refractivity contribution < 1.29 is 22.9 Å². The van der Waals surface area contributed by atoms with Crippen LogP contribution in [0.3, 0.4) is 0 Å². The number of hydrogen-bond donors (Lipinski definition) is 1. The van der Waals surface area contributed by atoms with Crippen LogP contribution in [0.2, 0.25) is 5.02 Å². The molecule has 0 unspecified atom stereocenters. The van der Waals surface area contributed by atoms with Gasteiger partial charge in [0.15, 0.2) is 0 Å². The minimum absolute atomic E-state index is 0.0423. The predicted octanol–water partition coefficient (Wildman–Crippen LogP) is 2.83. The number of anilines is 1. The van der Waals surface area contributed by atoms with E-state index in [1.54, 1.807) is 0 Å². The molecule has 2 aromatic carbocycles. The fourth-order valence-electron chi connectivity index (χ4n) is 2.91. The van der Waals surface area contributed by atoms with Crippen LogP contribution in [0.4, 0.5) is 11.4 Å². The van der Waals surface area contributed by atoms with Gasteiger partial charge in [0.05, 0.1) is 23.2 Å². The molecule has 0 bridgehead atoms. The summed E-state index contributed by atoms with van der Waals surface area (Å²) in [7, 11) is -3.84. The highest BCUT2D eigenvalue weighted by Crippen LogP contribution is 2.29. The highest BCUT2D eigenvalue weighted by Gasteiger charge is 2.28. The fraction of sp³-hybridized carbons (Fsp3) is 0.278. The summed E-state index contributed by atoms with van der Waals surface area (Å²) >= 11 is 6.11. The molecule has 0 aliphatic carbocycles. The molecule has 1 aliphatic heterocycles. The van der Waals surface area contributed by atoms with Crippen LogP contribution in [0.15, 0.2) is 41.3 Å². The molecule has 9 nitrogen and oxygen atoms in total. The van der Waals surface area contributed by atoms with Crippen LogP contribution in [0.25, 0.3) is 0 Å². The zero-order chi connectivity index (χ0) is 21.2. The number of benzene rings is 2. The smallest absolute Gasteiger partial charge is 0.272 e. The molecule has 0 atom stereocenters. The van der Waals surface area contributed by atoms with E-state index >= 15 is 0 Å². The second-order valence-corrected chi connectivity index (χ2v) is 8.69. The van der Waals surface area contributed by atoms with Gasteiger partial charge in [0, 0.05) is 36.0 Å². The van der Waals surface area contributed by atoms with Gasteiger partial charge in [0.1, 0.15) is 4.90 Å². The van der Waals surface area contributed by atoms with Crippen LogP contribution < -0.4 is 5.32 Å². The van der Waals surface area contributed by atoms with Crippen molar-refractivity contribution >= 4 is 38.9 Å². The molecular formula is C18H18ClN3O6S. The van der Waals surface area contributed by atoms with E-state index in [1.165, 1.54) is 47.6 Å². The lowest BCUT2D eigenvalue weighted by Gasteiger charge is -2.26. The van der Waals surface area contributed by atoms with Gasteiger partial charge in [0.2, 0.25) is 10.0 Å². The fourth-order valence-corrected chi connectivity index (χ4v) is 4.82. The van der Waals surface area contributed by atoms with Gasteiger partial charge in [-0.2, -0.15) is 4.31 Å². The van der Waals surface area contributed by atoms with E-state index in [1.807, 2.05) is 0 Å². The molecule has 1 amide bonds. The molecule has 1 aliphatic rings. The Labute approximate surface area is 172 Å². The largest absolute Gasteiger partial charge is 0.379 e. The highest BCUT2D eigenvalue weighted by atomic mass is 35.5. The Morgan fingerprint density at radius 2 is 1.90 bits per heavy atom. The predicted molar refractivity (Wildman–Crippen MR) is 107 cm³/mol. The van der Waals surface area contributed by atoms with Crippen molar-refractivity contribution in [2.75, 3.05) is 31.6 Å². The van der Waals surface area contributed by atoms with E-state index < -0.39 is 20.9 Å². The number of nitrogens with zero attached hydrogens (tertiary/aromatic N) is 2. The van der Waals surface area contributed by atoms with Crippen molar-refractivity contribution in [2.45, 2.75) is 11.8 Å². The lowest BCUT2D eigenvalue weighted by Crippen LogP contribution is -2.40. The van der Waals surface area contributed by atoms with Gasteiger partial charge in [-0.1, -0.05) is 11.6 Å². The first kappa shape index (κ1) is 21.2. The van der Waals surface area contributed by atoms with E-state index in [4.69, 9.17) is 16.3 Å². The first-order chi connectivity index (χ1) is 13.7. The summed E-state index contributed by atoms with van der Waals surface area (Å²) in [6, 6.07) is 8.16. The third-order valence-electron chi connectivity index (χ3n) is 4.43. The second kappa shape index (κ2) is 8.46. The number of carbonyl (C=O) groups excluding carboxylic acids is 1. The van der Waals surface area contributed by atoms with Crippen molar-refractivity contribution in [2.24, 2.45) is 0 Å². The number of aryl methyl sites for hydroxylation is 1. The van der Waals surface area contributed by atoms with Crippen LogP contribution in [-0.2, 0) is 14.8 Å². The Hall–Kier alpha value is -2.53. The first-order valence-electron chi connectivity index (χ1n) is 8.64. The minimum atomic E-state index is -3.84. The molecule has 2 aromatic rings. The summed E-state index contributed by atoms with van der Waals surface area (Å²) in [6.45, 7) is 2.57. The number of amides is 1. The topological polar surface area (TPSA) is 119 Å². The number of morpholine rings is 1. The number of sulfonamides is 1. The summed E-state index contributed by atoms with van der Waals surface area (Å²) in [5.41, 5.74) is 0.698. The molecule has 11 heteroatoms. The van der Waals surface area contributed by atoms with Crippen LogP contribution in [0.1, 0.15) is 15.9 Å². The first-order valence-corrected chi connectivity index (χ1v) is 10.5. The number of nitro groups is 1. The minimum Gasteiger partial charge on any atom is -0.379 e. The maximum absolute atomic E-state index is 12.9. The number of rotatable bonds is 5. The molecular weight excluding hydrogens is 422 g/mol. The number of nitro benzene ring substituents is 1. The van der Waals surface area contributed by atoms with Crippen LogP contribution in [0.5, 0.6) is 0 Å². The zero-order valence-electron chi connectivity index (χ0n) is 15.4. The number of ether oxygens (including phenoxy) is 1. The third kappa shape index (κ3) is 4.56. The summed E-state index contributed by atoms with van der Waals surface area (Å²) in [4.78, 5) is 22.8. The molecule has 154 valence electrons. The number of halogens is 1. The van der Waals surface area contributed by atoms with Gasteiger partial charge in [-0.15, -0.1) is 0 Å². The Kier molecular flexibility index (Phi) is 6.18. The number of nitrogens with one attached hydrogen (secondary N) is 1. The molecule has 0 spiro atoms. The summed E-state index contributed by atoms with van der Waals surface area (Å²) in [5.74, 6) is -0.528. The monoisotopic (exact) mass is 439 g/mol. The summed E-state index contributed by atoms with van der Waals surface area (Å²) in [6.07, 6.45) is 0. The molecule has 3 rings (SSSR count). The zero-order valence-corrected chi connectivity index (χ0v) is 17.0. The molecule has 1 heterocycles. The molecule has 1 fully saturated rings. The highest BCUT2D eigenvalue weighted by molar-refractivity contribution is 7.89. The van der Waals surface area contributed by atoms with E-state index in [0.717, 1.165) is 0 Å². The van der Waals surface area contributed by atoms with Gasteiger partial charge in [-0.25, -0.2) is 8.42 Å². The maximum atomic E-state index is 12.9. The molecule has 0 saturated carbocycles. The molecule has 0 aromatic heterocycles. The molecule has 1 N–H and O–H groups in total. The van der Waals surface area contributed by atoms with Gasteiger partial charge >= 0.3 is 0 Å². The lowest BCUT2D eigenvalue weighted by molar-refractivity contribution is -0.385. The second-order valence-electron chi connectivity index (χ2n) is 6.37. The molecule has 1 saturated heterocycles. The Balaban J connectivity index is 1.85. The number of carbonyl (C=O) groups is 1.